The number of carboxylic acids is 1. The third-order valence-electron chi connectivity index (χ3n) is 4.20. The number of hydrogen-bond acceptors (Lipinski definition) is 4. The zero-order chi connectivity index (χ0) is 17.4. The van der Waals surface area contributed by atoms with E-state index in [4.69, 9.17) is 16.3 Å². The van der Waals surface area contributed by atoms with Gasteiger partial charge < -0.3 is 15.2 Å². The molecule has 1 aromatic heterocycles. The van der Waals surface area contributed by atoms with Crippen LogP contribution in [-0.2, 0) is 11.2 Å². The predicted octanol–water partition coefficient (Wildman–Crippen LogP) is 4.27. The average molecular weight is 355 g/mol. The minimum absolute atomic E-state index is 0.164. The SMILES string of the molecule is O=C(O)c1cccc(CC2CO2)c1Nc1ccnc2cc(Cl)ccc12. The van der Waals surface area contributed by atoms with Crippen molar-refractivity contribution in [2.24, 2.45) is 0 Å². The molecule has 1 unspecified atom stereocenters. The van der Waals surface area contributed by atoms with Crippen molar-refractivity contribution < 1.29 is 14.6 Å². The minimum Gasteiger partial charge on any atom is -0.478 e. The molecule has 2 aromatic carbocycles. The molecule has 0 amide bonds. The molecule has 0 aliphatic carbocycles. The Kier molecular flexibility index (Phi) is 4.03. The van der Waals surface area contributed by atoms with Crippen molar-refractivity contribution in [1.29, 1.82) is 0 Å². The van der Waals surface area contributed by atoms with Crippen LogP contribution in [0.1, 0.15) is 15.9 Å². The van der Waals surface area contributed by atoms with Gasteiger partial charge in [0, 0.05) is 28.7 Å². The summed E-state index contributed by atoms with van der Waals surface area (Å²) in [6.45, 7) is 0.716. The molecular weight excluding hydrogens is 340 g/mol. The number of pyridine rings is 1. The monoisotopic (exact) mass is 354 g/mol. The lowest BCUT2D eigenvalue weighted by Crippen LogP contribution is -2.08. The van der Waals surface area contributed by atoms with E-state index >= 15 is 0 Å². The summed E-state index contributed by atoms with van der Waals surface area (Å²) in [5.74, 6) is -0.970. The van der Waals surface area contributed by atoms with E-state index in [1.807, 2.05) is 18.2 Å². The summed E-state index contributed by atoms with van der Waals surface area (Å²) in [6, 6.07) is 12.6. The molecule has 1 aliphatic rings. The number of anilines is 2. The van der Waals surface area contributed by atoms with Crippen LogP contribution in [0.2, 0.25) is 5.02 Å². The van der Waals surface area contributed by atoms with Crippen LogP contribution in [0.5, 0.6) is 0 Å². The Balaban J connectivity index is 1.81. The quantitative estimate of drug-likeness (QED) is 0.669. The Hall–Kier alpha value is -2.63. The first-order chi connectivity index (χ1) is 12.1. The fraction of sp³-hybridized carbons (Fsp3) is 0.158. The van der Waals surface area contributed by atoms with Gasteiger partial charge in [0.05, 0.1) is 29.5 Å². The van der Waals surface area contributed by atoms with Crippen LogP contribution in [-0.4, -0.2) is 28.8 Å². The number of halogens is 1. The van der Waals surface area contributed by atoms with E-state index < -0.39 is 5.97 Å². The lowest BCUT2D eigenvalue weighted by atomic mass is 10.0. The summed E-state index contributed by atoms with van der Waals surface area (Å²) >= 11 is 6.04. The fourth-order valence-electron chi connectivity index (χ4n) is 2.89. The number of nitrogens with zero attached hydrogens (tertiary/aromatic N) is 1. The molecule has 5 nitrogen and oxygen atoms in total. The minimum atomic E-state index is -0.970. The van der Waals surface area contributed by atoms with Gasteiger partial charge in [-0.25, -0.2) is 4.79 Å². The second kappa shape index (κ2) is 6.35. The summed E-state index contributed by atoms with van der Waals surface area (Å²) in [5, 5.41) is 14.3. The predicted molar refractivity (Wildman–Crippen MR) is 96.9 cm³/mol. The summed E-state index contributed by atoms with van der Waals surface area (Å²) in [6.07, 6.45) is 2.52. The van der Waals surface area contributed by atoms with Gasteiger partial charge in [0.15, 0.2) is 0 Å². The maximum absolute atomic E-state index is 11.7. The number of aromatic carboxylic acids is 1. The van der Waals surface area contributed by atoms with Crippen LogP contribution in [0, 0.1) is 0 Å². The molecule has 0 saturated carbocycles. The molecule has 1 fully saturated rings. The molecule has 6 heteroatoms. The van der Waals surface area contributed by atoms with Gasteiger partial charge in [0.2, 0.25) is 0 Å². The summed E-state index contributed by atoms with van der Waals surface area (Å²) in [7, 11) is 0. The molecule has 126 valence electrons. The first-order valence-corrected chi connectivity index (χ1v) is 8.27. The van der Waals surface area contributed by atoms with E-state index in [-0.39, 0.29) is 11.7 Å². The normalized spacial score (nSPS) is 16.0. The second-order valence-corrected chi connectivity index (χ2v) is 6.39. The van der Waals surface area contributed by atoms with Crippen molar-refractivity contribution in [3.63, 3.8) is 0 Å². The van der Waals surface area contributed by atoms with Gasteiger partial charge in [0.1, 0.15) is 0 Å². The highest BCUT2D eigenvalue weighted by molar-refractivity contribution is 6.31. The Morgan fingerprint density at radius 2 is 2.16 bits per heavy atom. The molecule has 2 N–H and O–H groups in total. The van der Waals surface area contributed by atoms with Crippen LogP contribution in [0.4, 0.5) is 11.4 Å². The van der Waals surface area contributed by atoms with Crippen LogP contribution < -0.4 is 5.32 Å². The van der Waals surface area contributed by atoms with E-state index in [1.54, 1.807) is 30.5 Å². The van der Waals surface area contributed by atoms with Gasteiger partial charge in [-0.3, -0.25) is 4.98 Å². The van der Waals surface area contributed by atoms with Gasteiger partial charge >= 0.3 is 5.97 Å². The number of para-hydroxylation sites is 1. The molecule has 1 atom stereocenters. The molecule has 0 radical (unpaired) electrons. The highest BCUT2D eigenvalue weighted by Gasteiger charge is 2.25. The highest BCUT2D eigenvalue weighted by atomic mass is 35.5. The van der Waals surface area contributed by atoms with Crippen molar-refractivity contribution >= 4 is 39.8 Å². The summed E-state index contributed by atoms with van der Waals surface area (Å²) in [5.41, 5.74) is 3.28. The Bertz CT molecular complexity index is 970. The Labute approximate surface area is 149 Å². The number of hydrogen-bond donors (Lipinski definition) is 2. The maximum atomic E-state index is 11.7. The smallest absolute Gasteiger partial charge is 0.337 e. The van der Waals surface area contributed by atoms with Crippen LogP contribution in [0.25, 0.3) is 10.9 Å². The molecule has 25 heavy (non-hydrogen) atoms. The van der Waals surface area contributed by atoms with Gasteiger partial charge in [-0.15, -0.1) is 0 Å². The van der Waals surface area contributed by atoms with E-state index in [0.717, 1.165) is 22.2 Å². The number of nitrogens with one attached hydrogen (secondary N) is 1. The Morgan fingerprint density at radius 1 is 1.32 bits per heavy atom. The lowest BCUT2D eigenvalue weighted by molar-refractivity contribution is 0.0698. The molecule has 1 aliphatic heterocycles. The third kappa shape index (κ3) is 3.29. The fourth-order valence-corrected chi connectivity index (χ4v) is 3.06. The third-order valence-corrected chi connectivity index (χ3v) is 4.43. The zero-order valence-electron chi connectivity index (χ0n) is 13.2. The average Bonchev–Trinajstić information content (AvgIpc) is 3.40. The number of rotatable bonds is 5. The second-order valence-electron chi connectivity index (χ2n) is 5.95. The Morgan fingerprint density at radius 3 is 2.92 bits per heavy atom. The van der Waals surface area contributed by atoms with Crippen LogP contribution in [0.3, 0.4) is 0 Å². The van der Waals surface area contributed by atoms with Crippen LogP contribution in [0.15, 0.2) is 48.7 Å². The topological polar surface area (TPSA) is 74.8 Å². The molecule has 1 saturated heterocycles. The first-order valence-electron chi connectivity index (χ1n) is 7.90. The molecule has 0 bridgehead atoms. The lowest BCUT2D eigenvalue weighted by Gasteiger charge is -2.16. The van der Waals surface area contributed by atoms with E-state index in [1.165, 1.54) is 0 Å². The van der Waals surface area contributed by atoms with Crippen LogP contribution >= 0.6 is 11.6 Å². The highest BCUT2D eigenvalue weighted by Crippen LogP contribution is 2.32. The van der Waals surface area contributed by atoms with Crippen molar-refractivity contribution in [1.82, 2.24) is 4.98 Å². The van der Waals surface area contributed by atoms with Crippen molar-refractivity contribution in [3.05, 3.63) is 64.8 Å². The van der Waals surface area contributed by atoms with E-state index in [9.17, 15) is 9.90 Å². The standard InChI is InChI=1S/C19H15ClN2O3/c20-12-4-5-14-16(6-7-21-17(14)9-12)22-18-11(8-13-10-25-13)2-1-3-15(18)19(23)24/h1-7,9,13H,8,10H2,(H,21,22)(H,23,24). The summed E-state index contributed by atoms with van der Waals surface area (Å²) in [4.78, 5) is 16.0. The maximum Gasteiger partial charge on any atom is 0.337 e. The van der Waals surface area contributed by atoms with Gasteiger partial charge in [-0.1, -0.05) is 23.7 Å². The number of fused-ring (bicyclic) bond motifs is 1. The number of benzene rings is 2. The largest absolute Gasteiger partial charge is 0.478 e. The number of epoxide rings is 1. The van der Waals surface area contributed by atoms with Crippen molar-refractivity contribution in [2.75, 3.05) is 11.9 Å². The van der Waals surface area contributed by atoms with Crippen molar-refractivity contribution in [2.45, 2.75) is 12.5 Å². The molecule has 0 spiro atoms. The molecular formula is C19H15ClN2O3. The summed E-state index contributed by atoms with van der Waals surface area (Å²) < 4.78 is 5.30. The molecule has 4 rings (SSSR count). The number of ether oxygens (including phenoxy) is 1. The first kappa shape index (κ1) is 15.9. The number of aromatic nitrogens is 1. The van der Waals surface area contributed by atoms with Crippen molar-refractivity contribution in [3.8, 4) is 0 Å². The molecule has 3 aromatic rings. The van der Waals surface area contributed by atoms with E-state index in [2.05, 4.69) is 10.3 Å². The number of carbonyl (C=O) groups is 1. The molecule has 2 heterocycles. The van der Waals surface area contributed by atoms with Gasteiger partial charge in [-0.2, -0.15) is 0 Å². The van der Waals surface area contributed by atoms with E-state index in [0.29, 0.717) is 23.7 Å². The zero-order valence-corrected chi connectivity index (χ0v) is 14.0. The van der Waals surface area contributed by atoms with Gasteiger partial charge in [0.25, 0.3) is 0 Å². The van der Waals surface area contributed by atoms with Gasteiger partial charge in [-0.05, 0) is 35.9 Å². The number of carboxylic acid groups (broad SMARTS) is 1.